The van der Waals surface area contributed by atoms with E-state index in [4.69, 9.17) is 0 Å². The molecule has 1 aliphatic heterocycles. The molecule has 0 aliphatic carbocycles. The topological polar surface area (TPSA) is 15.3 Å². The predicted molar refractivity (Wildman–Crippen MR) is 79.0 cm³/mol. The molecule has 2 nitrogen and oxygen atoms in total. The summed E-state index contributed by atoms with van der Waals surface area (Å²) in [6.07, 6.45) is 3.99. The van der Waals surface area contributed by atoms with Gasteiger partial charge in [0, 0.05) is 18.3 Å². The van der Waals surface area contributed by atoms with Gasteiger partial charge in [-0.25, -0.2) is 0 Å². The molecule has 0 bridgehead atoms. The van der Waals surface area contributed by atoms with Crippen molar-refractivity contribution in [2.24, 2.45) is 5.92 Å². The maximum absolute atomic E-state index is 3.65. The lowest BCUT2D eigenvalue weighted by atomic mass is 9.91. The van der Waals surface area contributed by atoms with Gasteiger partial charge >= 0.3 is 0 Å². The minimum Gasteiger partial charge on any atom is -0.382 e. The Morgan fingerprint density at radius 1 is 1.33 bits per heavy atom. The highest BCUT2D eigenvalue weighted by atomic mass is 15.1. The number of benzene rings is 1. The number of piperidine rings is 1. The number of hydrogen-bond acceptors (Lipinski definition) is 2. The van der Waals surface area contributed by atoms with E-state index in [0.717, 1.165) is 5.92 Å². The van der Waals surface area contributed by atoms with Gasteiger partial charge in [-0.2, -0.15) is 0 Å². The van der Waals surface area contributed by atoms with E-state index >= 15 is 0 Å². The van der Waals surface area contributed by atoms with E-state index in [9.17, 15) is 0 Å². The molecule has 2 unspecified atom stereocenters. The second kappa shape index (κ2) is 6.79. The van der Waals surface area contributed by atoms with Gasteiger partial charge in [0.1, 0.15) is 0 Å². The van der Waals surface area contributed by atoms with Crippen LogP contribution in [-0.2, 0) is 0 Å². The van der Waals surface area contributed by atoms with Crippen molar-refractivity contribution >= 4 is 5.69 Å². The van der Waals surface area contributed by atoms with E-state index < -0.39 is 0 Å². The normalized spacial score (nSPS) is 22.7. The molecule has 1 N–H and O–H groups in total. The summed E-state index contributed by atoms with van der Waals surface area (Å²) in [5.41, 5.74) is 1.25. The molecule has 2 rings (SSSR count). The number of rotatable bonds is 5. The first kappa shape index (κ1) is 13.4. The van der Waals surface area contributed by atoms with Crippen LogP contribution in [0.2, 0.25) is 0 Å². The summed E-state index contributed by atoms with van der Waals surface area (Å²) in [7, 11) is 0. The van der Waals surface area contributed by atoms with Crippen molar-refractivity contribution in [2.45, 2.75) is 39.2 Å². The monoisotopic (exact) mass is 246 g/mol. The first-order chi connectivity index (χ1) is 8.79. The number of para-hydroxylation sites is 1. The number of nitrogens with zero attached hydrogens (tertiary/aromatic N) is 1. The molecule has 1 heterocycles. The van der Waals surface area contributed by atoms with Crippen LogP contribution in [0.25, 0.3) is 0 Å². The number of hydrogen-bond donors (Lipinski definition) is 1. The Morgan fingerprint density at radius 3 is 2.83 bits per heavy atom. The molecule has 100 valence electrons. The van der Waals surface area contributed by atoms with Gasteiger partial charge < -0.3 is 10.2 Å². The highest BCUT2D eigenvalue weighted by Crippen LogP contribution is 2.22. The number of anilines is 1. The third-order valence-electron chi connectivity index (χ3n) is 3.96. The van der Waals surface area contributed by atoms with Crippen LogP contribution in [0.4, 0.5) is 5.69 Å². The third kappa shape index (κ3) is 3.74. The maximum atomic E-state index is 3.65. The molecular weight excluding hydrogens is 220 g/mol. The van der Waals surface area contributed by atoms with Gasteiger partial charge in [0.05, 0.1) is 0 Å². The molecule has 0 radical (unpaired) electrons. The number of likely N-dealkylation sites (tertiary alicyclic amines) is 1. The second-order valence-corrected chi connectivity index (χ2v) is 5.50. The van der Waals surface area contributed by atoms with E-state index in [2.05, 4.69) is 54.4 Å². The summed E-state index contributed by atoms with van der Waals surface area (Å²) in [6.45, 7) is 8.41. The van der Waals surface area contributed by atoms with Crippen molar-refractivity contribution in [2.75, 3.05) is 25.0 Å². The first-order valence-electron chi connectivity index (χ1n) is 7.33. The zero-order chi connectivity index (χ0) is 12.8. The lowest BCUT2D eigenvalue weighted by molar-refractivity contribution is 0.165. The van der Waals surface area contributed by atoms with Crippen LogP contribution in [0.3, 0.4) is 0 Å². The van der Waals surface area contributed by atoms with E-state index in [1.807, 2.05) is 0 Å². The summed E-state index contributed by atoms with van der Waals surface area (Å²) < 4.78 is 0. The molecule has 0 aromatic heterocycles. The average molecular weight is 246 g/mol. The summed E-state index contributed by atoms with van der Waals surface area (Å²) in [5.74, 6) is 0.783. The fourth-order valence-corrected chi connectivity index (χ4v) is 2.93. The van der Waals surface area contributed by atoms with Crippen molar-refractivity contribution in [3.05, 3.63) is 30.3 Å². The molecule has 1 aromatic rings. The second-order valence-electron chi connectivity index (χ2n) is 5.50. The SMILES string of the molecule is CCCN1CCCC(C(C)Nc2ccccc2)C1. The fraction of sp³-hybridized carbons (Fsp3) is 0.625. The van der Waals surface area contributed by atoms with Gasteiger partial charge in [-0.1, -0.05) is 25.1 Å². The Kier molecular flexibility index (Phi) is 5.06. The molecule has 2 heteroatoms. The molecule has 1 aromatic carbocycles. The molecule has 0 spiro atoms. The van der Waals surface area contributed by atoms with Crippen molar-refractivity contribution in [1.82, 2.24) is 4.90 Å². The Labute approximate surface area is 111 Å². The van der Waals surface area contributed by atoms with Gasteiger partial charge in [-0.05, 0) is 57.3 Å². The Morgan fingerprint density at radius 2 is 2.11 bits per heavy atom. The molecule has 1 aliphatic rings. The lowest BCUT2D eigenvalue weighted by Gasteiger charge is -2.36. The predicted octanol–water partition coefficient (Wildman–Crippen LogP) is 3.61. The summed E-state index contributed by atoms with van der Waals surface area (Å²) in [5, 5.41) is 3.65. The van der Waals surface area contributed by atoms with Crippen molar-refractivity contribution in [3.8, 4) is 0 Å². The van der Waals surface area contributed by atoms with Crippen molar-refractivity contribution < 1.29 is 0 Å². The van der Waals surface area contributed by atoms with Crippen molar-refractivity contribution in [3.63, 3.8) is 0 Å². The standard InChI is InChI=1S/C16H26N2/c1-3-11-18-12-7-8-15(13-18)14(2)17-16-9-5-4-6-10-16/h4-6,9-10,14-15,17H,3,7-8,11-13H2,1-2H3. The fourth-order valence-electron chi connectivity index (χ4n) is 2.93. The Hall–Kier alpha value is -1.02. The van der Waals surface area contributed by atoms with Crippen molar-refractivity contribution in [1.29, 1.82) is 0 Å². The molecule has 18 heavy (non-hydrogen) atoms. The van der Waals surface area contributed by atoms with Crippen LogP contribution in [0.5, 0.6) is 0 Å². The van der Waals surface area contributed by atoms with Crippen LogP contribution in [0.15, 0.2) is 30.3 Å². The summed E-state index contributed by atoms with van der Waals surface area (Å²) in [6, 6.07) is 11.1. The average Bonchev–Trinajstić information content (AvgIpc) is 2.40. The van der Waals surface area contributed by atoms with E-state index in [-0.39, 0.29) is 0 Å². The summed E-state index contributed by atoms with van der Waals surface area (Å²) in [4.78, 5) is 2.62. The smallest absolute Gasteiger partial charge is 0.0342 e. The molecule has 0 saturated carbocycles. The zero-order valence-corrected chi connectivity index (χ0v) is 11.7. The molecule has 1 fully saturated rings. The van der Waals surface area contributed by atoms with Crippen LogP contribution in [0.1, 0.15) is 33.1 Å². The first-order valence-corrected chi connectivity index (χ1v) is 7.33. The van der Waals surface area contributed by atoms with E-state index in [1.165, 1.54) is 44.6 Å². The quantitative estimate of drug-likeness (QED) is 0.854. The molecule has 1 saturated heterocycles. The third-order valence-corrected chi connectivity index (χ3v) is 3.96. The Balaban J connectivity index is 1.86. The maximum Gasteiger partial charge on any atom is 0.0342 e. The molecule has 2 atom stereocenters. The van der Waals surface area contributed by atoms with Crippen LogP contribution in [-0.4, -0.2) is 30.6 Å². The van der Waals surface area contributed by atoms with Crippen LogP contribution >= 0.6 is 0 Å². The highest BCUT2D eigenvalue weighted by molar-refractivity contribution is 5.43. The lowest BCUT2D eigenvalue weighted by Crippen LogP contribution is -2.42. The molecule has 0 amide bonds. The van der Waals surface area contributed by atoms with Gasteiger partial charge in [-0.15, -0.1) is 0 Å². The van der Waals surface area contributed by atoms with Gasteiger partial charge in [-0.3, -0.25) is 0 Å². The van der Waals surface area contributed by atoms with Gasteiger partial charge in [0.2, 0.25) is 0 Å². The van der Waals surface area contributed by atoms with Crippen LogP contribution < -0.4 is 5.32 Å². The molecular formula is C16H26N2. The van der Waals surface area contributed by atoms with Crippen LogP contribution in [0, 0.1) is 5.92 Å². The minimum atomic E-state index is 0.562. The van der Waals surface area contributed by atoms with Gasteiger partial charge in [0.15, 0.2) is 0 Å². The highest BCUT2D eigenvalue weighted by Gasteiger charge is 2.23. The number of nitrogens with one attached hydrogen (secondary N) is 1. The van der Waals surface area contributed by atoms with Gasteiger partial charge in [0.25, 0.3) is 0 Å². The largest absolute Gasteiger partial charge is 0.382 e. The minimum absolute atomic E-state index is 0.562. The van der Waals surface area contributed by atoms with E-state index in [0.29, 0.717) is 6.04 Å². The Bertz CT molecular complexity index is 334. The zero-order valence-electron chi connectivity index (χ0n) is 11.7. The van der Waals surface area contributed by atoms with E-state index in [1.54, 1.807) is 0 Å². The summed E-state index contributed by atoms with van der Waals surface area (Å²) >= 11 is 0.